The molecule has 0 unspecified atom stereocenters. The molecule has 0 bridgehead atoms. The number of hydrogen-bond acceptors (Lipinski definition) is 6. The first-order valence-electron chi connectivity index (χ1n) is 6.35. The Morgan fingerprint density at radius 3 is 2.71 bits per heavy atom. The maximum atomic E-state index is 6.27. The highest BCUT2D eigenvalue weighted by molar-refractivity contribution is 7.18. The van der Waals surface area contributed by atoms with Gasteiger partial charge in [0.25, 0.3) is 0 Å². The summed E-state index contributed by atoms with van der Waals surface area (Å²) in [4.78, 5) is 10.8. The fourth-order valence-electron chi connectivity index (χ4n) is 2.05. The molecule has 7 heteroatoms. The molecule has 0 amide bonds. The van der Waals surface area contributed by atoms with Crippen molar-refractivity contribution < 1.29 is 0 Å². The number of hydrazine groups is 1. The van der Waals surface area contributed by atoms with Crippen LogP contribution in [0.25, 0.3) is 10.2 Å². The Bertz CT molecular complexity index is 814. The molecule has 1 aromatic carbocycles. The molecule has 0 saturated heterocycles. The lowest BCUT2D eigenvalue weighted by Crippen LogP contribution is -2.11. The smallest absolute Gasteiger partial charge is 0.240 e. The zero-order valence-corrected chi connectivity index (χ0v) is 13.1. The van der Waals surface area contributed by atoms with Crippen LogP contribution in [0.4, 0.5) is 17.5 Å². The van der Waals surface area contributed by atoms with Gasteiger partial charge in [-0.25, -0.2) is 10.8 Å². The van der Waals surface area contributed by atoms with E-state index in [4.69, 9.17) is 17.4 Å². The molecular weight excluding hydrogens is 306 g/mol. The summed E-state index contributed by atoms with van der Waals surface area (Å²) in [5.74, 6) is 6.49. The Kier molecular flexibility index (Phi) is 3.67. The second kappa shape index (κ2) is 5.48. The van der Waals surface area contributed by atoms with Crippen molar-refractivity contribution in [2.75, 3.05) is 10.7 Å². The molecule has 5 nitrogen and oxygen atoms in total. The highest BCUT2D eigenvalue weighted by Gasteiger charge is 2.11. The maximum absolute atomic E-state index is 6.27. The molecule has 108 valence electrons. The first-order valence-corrected chi connectivity index (χ1v) is 7.54. The number of nitrogens with zero attached hydrogens (tertiary/aromatic N) is 2. The predicted molar refractivity (Wildman–Crippen MR) is 89.4 cm³/mol. The molecular formula is C14H14ClN5S. The largest absolute Gasteiger partial charge is 0.338 e. The minimum atomic E-state index is 0.370. The van der Waals surface area contributed by atoms with Gasteiger partial charge in [0.05, 0.1) is 16.1 Å². The van der Waals surface area contributed by atoms with Crippen molar-refractivity contribution >= 4 is 50.6 Å². The van der Waals surface area contributed by atoms with E-state index in [1.54, 1.807) is 11.3 Å². The van der Waals surface area contributed by atoms with Crippen molar-refractivity contribution in [1.82, 2.24) is 9.97 Å². The Morgan fingerprint density at radius 1 is 1.19 bits per heavy atom. The monoisotopic (exact) mass is 319 g/mol. The molecule has 0 spiro atoms. The second-order valence-electron chi connectivity index (χ2n) is 4.72. The highest BCUT2D eigenvalue weighted by Crippen LogP contribution is 2.33. The average molecular weight is 320 g/mol. The van der Waals surface area contributed by atoms with Crippen LogP contribution in [-0.2, 0) is 0 Å². The van der Waals surface area contributed by atoms with Crippen LogP contribution in [0.15, 0.2) is 24.3 Å². The van der Waals surface area contributed by atoms with Crippen molar-refractivity contribution in [3.63, 3.8) is 0 Å². The first-order chi connectivity index (χ1) is 10.1. The van der Waals surface area contributed by atoms with Crippen LogP contribution in [-0.4, -0.2) is 9.97 Å². The number of anilines is 3. The van der Waals surface area contributed by atoms with Gasteiger partial charge in [0.1, 0.15) is 10.6 Å². The van der Waals surface area contributed by atoms with Crippen LogP contribution in [0, 0.1) is 13.8 Å². The van der Waals surface area contributed by atoms with E-state index in [1.165, 1.54) is 0 Å². The third kappa shape index (κ3) is 2.78. The van der Waals surface area contributed by atoms with Gasteiger partial charge in [-0.3, -0.25) is 5.43 Å². The molecule has 3 aromatic rings. The van der Waals surface area contributed by atoms with E-state index in [-0.39, 0.29) is 0 Å². The summed E-state index contributed by atoms with van der Waals surface area (Å²) < 4.78 is 0. The third-order valence-electron chi connectivity index (χ3n) is 3.02. The third-order valence-corrected chi connectivity index (χ3v) is 4.28. The number of aromatic nitrogens is 2. The molecule has 3 rings (SSSR count). The lowest BCUT2D eigenvalue weighted by molar-refractivity contribution is 1.16. The van der Waals surface area contributed by atoms with Gasteiger partial charge >= 0.3 is 0 Å². The van der Waals surface area contributed by atoms with Gasteiger partial charge in [0.2, 0.25) is 5.95 Å². The van der Waals surface area contributed by atoms with Crippen LogP contribution in [0.1, 0.15) is 10.4 Å². The number of nitrogen functional groups attached to an aromatic ring is 1. The Balaban J connectivity index is 2.10. The number of aryl methyl sites for hydroxylation is 2. The average Bonchev–Trinajstić information content (AvgIpc) is 2.82. The molecule has 0 radical (unpaired) electrons. The first kappa shape index (κ1) is 14.1. The van der Waals surface area contributed by atoms with E-state index in [1.807, 2.05) is 38.1 Å². The van der Waals surface area contributed by atoms with Crippen molar-refractivity contribution in [3.8, 4) is 0 Å². The van der Waals surface area contributed by atoms with Gasteiger partial charge < -0.3 is 5.32 Å². The fourth-order valence-corrected chi connectivity index (χ4v) is 3.21. The number of halogens is 1. The van der Waals surface area contributed by atoms with Crippen LogP contribution in [0.3, 0.4) is 0 Å². The van der Waals surface area contributed by atoms with Crippen molar-refractivity contribution in [3.05, 3.63) is 39.7 Å². The minimum absolute atomic E-state index is 0.370. The van der Waals surface area contributed by atoms with E-state index < -0.39 is 0 Å². The van der Waals surface area contributed by atoms with E-state index in [0.717, 1.165) is 26.3 Å². The molecule has 0 aliphatic heterocycles. The highest BCUT2D eigenvalue weighted by atomic mass is 35.5. The lowest BCUT2D eigenvalue weighted by Gasteiger charge is -2.10. The number of nitrogens with one attached hydrogen (secondary N) is 2. The molecule has 2 aromatic heterocycles. The molecule has 0 aliphatic rings. The topological polar surface area (TPSA) is 75.9 Å². The number of hydrogen-bond donors (Lipinski definition) is 3. The molecule has 21 heavy (non-hydrogen) atoms. The summed E-state index contributed by atoms with van der Waals surface area (Å²) >= 11 is 7.86. The molecule has 0 saturated carbocycles. The van der Waals surface area contributed by atoms with E-state index in [9.17, 15) is 0 Å². The van der Waals surface area contributed by atoms with Gasteiger partial charge in [-0.15, -0.1) is 11.3 Å². The zero-order chi connectivity index (χ0) is 15.0. The van der Waals surface area contributed by atoms with Gasteiger partial charge in [0, 0.05) is 4.88 Å². The van der Waals surface area contributed by atoms with E-state index in [0.29, 0.717) is 16.8 Å². The summed E-state index contributed by atoms with van der Waals surface area (Å²) in [6, 6.07) is 7.88. The van der Waals surface area contributed by atoms with Crippen LogP contribution in [0.5, 0.6) is 0 Å². The summed E-state index contributed by atoms with van der Waals surface area (Å²) in [5.41, 5.74) is 4.40. The number of nitrogens with two attached hydrogens (primary N) is 1. The Labute approximate surface area is 131 Å². The van der Waals surface area contributed by atoms with Gasteiger partial charge in [-0.2, -0.15) is 4.98 Å². The van der Waals surface area contributed by atoms with Crippen molar-refractivity contribution in [1.29, 1.82) is 0 Å². The molecule has 2 heterocycles. The molecule has 0 atom stereocenters. The quantitative estimate of drug-likeness (QED) is 0.502. The molecule has 0 aliphatic carbocycles. The van der Waals surface area contributed by atoms with E-state index >= 15 is 0 Å². The molecule has 4 N–H and O–H groups in total. The minimum Gasteiger partial charge on any atom is -0.338 e. The van der Waals surface area contributed by atoms with Gasteiger partial charge in [-0.1, -0.05) is 17.7 Å². The number of benzene rings is 1. The summed E-state index contributed by atoms with van der Waals surface area (Å²) in [6.45, 7) is 4.03. The number of thiophene rings is 1. The zero-order valence-electron chi connectivity index (χ0n) is 11.6. The van der Waals surface area contributed by atoms with E-state index in [2.05, 4.69) is 20.7 Å². The number of rotatable bonds is 3. The summed E-state index contributed by atoms with van der Waals surface area (Å²) in [7, 11) is 0. The van der Waals surface area contributed by atoms with Crippen LogP contribution >= 0.6 is 22.9 Å². The fraction of sp³-hybridized carbons (Fsp3) is 0.143. The van der Waals surface area contributed by atoms with Crippen molar-refractivity contribution in [2.45, 2.75) is 13.8 Å². The summed E-state index contributed by atoms with van der Waals surface area (Å²) in [6.07, 6.45) is 0. The van der Waals surface area contributed by atoms with Crippen molar-refractivity contribution in [2.24, 2.45) is 5.84 Å². The normalized spacial score (nSPS) is 10.9. The van der Waals surface area contributed by atoms with Gasteiger partial charge in [0.15, 0.2) is 0 Å². The maximum Gasteiger partial charge on any atom is 0.240 e. The standard InChI is InChI=1S/C14H14ClN5S/c1-7-3-4-11(10(15)5-7)17-12-9-6-8(2)21-13(9)19-14(18-12)20-16/h3-6H,16H2,1-2H3,(H2,17,18,19,20). The van der Waals surface area contributed by atoms with Crippen LogP contribution in [0.2, 0.25) is 5.02 Å². The number of fused-ring (bicyclic) bond motifs is 1. The lowest BCUT2D eigenvalue weighted by atomic mass is 10.2. The Morgan fingerprint density at radius 2 is 2.00 bits per heavy atom. The summed E-state index contributed by atoms with van der Waals surface area (Å²) in [5, 5.41) is 4.86. The van der Waals surface area contributed by atoms with Crippen LogP contribution < -0.4 is 16.6 Å². The SMILES string of the molecule is Cc1ccc(Nc2nc(NN)nc3sc(C)cc23)c(Cl)c1. The second-order valence-corrected chi connectivity index (χ2v) is 6.37. The molecule has 0 fully saturated rings. The van der Waals surface area contributed by atoms with Gasteiger partial charge in [-0.05, 0) is 37.6 Å². The Hall–Kier alpha value is -1.89. The predicted octanol–water partition coefficient (Wildman–Crippen LogP) is 3.99.